The molecule has 1 heterocycles. The van der Waals surface area contributed by atoms with Crippen molar-refractivity contribution in [3.05, 3.63) is 88.7 Å². The molecular formula is C28H32FN3O4S. The summed E-state index contributed by atoms with van der Waals surface area (Å²) in [5.74, 6) is -0.107. The highest BCUT2D eigenvalue weighted by Crippen LogP contribution is 2.28. The Bertz CT molecular complexity index is 1390. The summed E-state index contributed by atoms with van der Waals surface area (Å²) in [6, 6.07) is 16.6. The molecule has 3 aromatic rings. The van der Waals surface area contributed by atoms with Crippen molar-refractivity contribution in [1.82, 2.24) is 4.90 Å². The van der Waals surface area contributed by atoms with Crippen molar-refractivity contribution < 1.29 is 22.3 Å². The highest BCUT2D eigenvalue weighted by Gasteiger charge is 2.25. The maximum absolute atomic E-state index is 13.4. The number of amides is 1. The highest BCUT2D eigenvalue weighted by atomic mass is 32.2. The summed E-state index contributed by atoms with van der Waals surface area (Å²) in [4.78, 5) is 17.5. The third-order valence-electron chi connectivity index (χ3n) is 6.84. The highest BCUT2D eigenvalue weighted by molar-refractivity contribution is 7.92. The lowest BCUT2D eigenvalue weighted by molar-refractivity contribution is 0.0746. The molecule has 1 aliphatic heterocycles. The molecule has 0 radical (unpaired) electrons. The number of hydrogen-bond donors (Lipinski definition) is 0. The first-order valence-electron chi connectivity index (χ1n) is 12.1. The third-order valence-corrected chi connectivity index (χ3v) is 7.98. The molecule has 0 saturated carbocycles. The second-order valence-corrected chi connectivity index (χ2v) is 11.2. The molecule has 0 unspecified atom stereocenters. The van der Waals surface area contributed by atoms with Crippen LogP contribution in [0.15, 0.2) is 60.7 Å². The minimum atomic E-state index is -3.69. The van der Waals surface area contributed by atoms with Gasteiger partial charge in [-0.05, 0) is 73.5 Å². The number of ether oxygens (including phenoxy) is 1. The molecule has 4 rings (SSSR count). The largest absolute Gasteiger partial charge is 0.496 e. The number of rotatable bonds is 7. The number of methoxy groups -OCH3 is 1. The number of halogens is 1. The van der Waals surface area contributed by atoms with Gasteiger partial charge < -0.3 is 14.5 Å². The van der Waals surface area contributed by atoms with Gasteiger partial charge in [0.2, 0.25) is 10.0 Å². The van der Waals surface area contributed by atoms with Gasteiger partial charge in [-0.3, -0.25) is 9.10 Å². The van der Waals surface area contributed by atoms with Gasteiger partial charge in [-0.25, -0.2) is 12.8 Å². The minimum absolute atomic E-state index is 0.0603. The summed E-state index contributed by atoms with van der Waals surface area (Å²) >= 11 is 0. The van der Waals surface area contributed by atoms with Crippen molar-refractivity contribution in [2.24, 2.45) is 0 Å². The molecule has 37 heavy (non-hydrogen) atoms. The SMILES string of the molecule is COc1ccc(C(=O)N2CCN(c3cccc(C)c3C)CC2)cc1CN(c1ccc(F)cc1)S(C)(=O)=O. The van der Waals surface area contributed by atoms with Crippen LogP contribution in [0.5, 0.6) is 5.75 Å². The molecule has 3 aromatic carbocycles. The summed E-state index contributed by atoms with van der Waals surface area (Å²) in [5, 5.41) is 0. The van der Waals surface area contributed by atoms with Gasteiger partial charge in [0.05, 0.1) is 25.6 Å². The Morgan fingerprint density at radius 1 is 1.00 bits per heavy atom. The first-order chi connectivity index (χ1) is 17.6. The standard InChI is InChI=1S/C28H32FN3O4S/c1-20-6-5-7-26(21(20)2)30-14-16-31(17-15-30)28(33)22-8-13-27(36-3)23(18-22)19-32(37(4,34)35)25-11-9-24(29)10-12-25/h5-13,18H,14-17,19H2,1-4H3. The maximum Gasteiger partial charge on any atom is 0.253 e. The Balaban J connectivity index is 1.54. The molecule has 1 aliphatic rings. The molecule has 1 fully saturated rings. The fraction of sp³-hybridized carbons (Fsp3) is 0.321. The Kier molecular flexibility index (Phi) is 7.73. The van der Waals surface area contributed by atoms with Crippen LogP contribution in [-0.4, -0.2) is 58.8 Å². The lowest BCUT2D eigenvalue weighted by Crippen LogP contribution is -2.49. The molecule has 1 saturated heterocycles. The van der Waals surface area contributed by atoms with Crippen LogP contribution in [0.4, 0.5) is 15.8 Å². The first-order valence-corrected chi connectivity index (χ1v) is 13.9. The van der Waals surface area contributed by atoms with Crippen molar-refractivity contribution in [3.63, 3.8) is 0 Å². The zero-order valence-corrected chi connectivity index (χ0v) is 22.4. The van der Waals surface area contributed by atoms with E-state index in [9.17, 15) is 17.6 Å². The molecule has 7 nitrogen and oxygen atoms in total. The van der Waals surface area contributed by atoms with Gasteiger partial charge in [-0.1, -0.05) is 12.1 Å². The van der Waals surface area contributed by atoms with E-state index < -0.39 is 15.8 Å². The van der Waals surface area contributed by atoms with Crippen molar-refractivity contribution in [3.8, 4) is 5.75 Å². The summed E-state index contributed by atoms with van der Waals surface area (Å²) in [7, 11) is -2.20. The van der Waals surface area contributed by atoms with Crippen molar-refractivity contribution in [2.45, 2.75) is 20.4 Å². The number of aryl methyl sites for hydroxylation is 1. The van der Waals surface area contributed by atoms with E-state index in [-0.39, 0.29) is 12.5 Å². The van der Waals surface area contributed by atoms with Crippen LogP contribution in [0, 0.1) is 19.7 Å². The molecule has 9 heteroatoms. The molecule has 0 atom stereocenters. The quantitative estimate of drug-likeness (QED) is 0.458. The van der Waals surface area contributed by atoms with Gasteiger partial charge in [0.1, 0.15) is 11.6 Å². The average molecular weight is 526 g/mol. The summed E-state index contributed by atoms with van der Waals surface area (Å²) in [6.07, 6.45) is 1.09. The van der Waals surface area contributed by atoms with Crippen LogP contribution in [0.3, 0.4) is 0 Å². The monoisotopic (exact) mass is 525 g/mol. The number of hydrogen-bond acceptors (Lipinski definition) is 5. The summed E-state index contributed by atoms with van der Waals surface area (Å²) in [6.45, 7) is 6.77. The van der Waals surface area contributed by atoms with Crippen LogP contribution >= 0.6 is 0 Å². The van der Waals surface area contributed by atoms with Crippen LogP contribution in [-0.2, 0) is 16.6 Å². The van der Waals surface area contributed by atoms with E-state index in [1.165, 1.54) is 52.5 Å². The molecule has 0 aliphatic carbocycles. The molecule has 0 bridgehead atoms. The fourth-order valence-electron chi connectivity index (χ4n) is 4.61. The van der Waals surface area contributed by atoms with Crippen LogP contribution in [0.25, 0.3) is 0 Å². The molecule has 0 aromatic heterocycles. The second-order valence-electron chi connectivity index (χ2n) is 9.27. The third kappa shape index (κ3) is 5.88. The van der Waals surface area contributed by atoms with Gasteiger partial charge in [0.15, 0.2) is 0 Å². The topological polar surface area (TPSA) is 70.2 Å². The van der Waals surface area contributed by atoms with Gasteiger partial charge in [0, 0.05) is 43.0 Å². The zero-order chi connectivity index (χ0) is 26.7. The lowest BCUT2D eigenvalue weighted by Gasteiger charge is -2.37. The van der Waals surface area contributed by atoms with Crippen LogP contribution < -0.4 is 13.9 Å². The van der Waals surface area contributed by atoms with E-state index in [1.54, 1.807) is 18.2 Å². The van der Waals surface area contributed by atoms with E-state index in [0.717, 1.165) is 19.3 Å². The molecular weight excluding hydrogens is 493 g/mol. The van der Waals surface area contributed by atoms with Crippen molar-refractivity contribution in [1.29, 1.82) is 0 Å². The van der Waals surface area contributed by atoms with Crippen molar-refractivity contribution >= 4 is 27.3 Å². The Morgan fingerprint density at radius 3 is 2.30 bits per heavy atom. The molecule has 0 spiro atoms. The van der Waals surface area contributed by atoms with E-state index in [1.807, 2.05) is 4.90 Å². The van der Waals surface area contributed by atoms with E-state index >= 15 is 0 Å². The normalized spacial score (nSPS) is 14.0. The lowest BCUT2D eigenvalue weighted by atomic mass is 10.1. The molecule has 1 amide bonds. The van der Waals surface area contributed by atoms with Gasteiger partial charge in [0.25, 0.3) is 5.91 Å². The van der Waals surface area contributed by atoms with E-state index in [4.69, 9.17) is 4.74 Å². The predicted octanol–water partition coefficient (Wildman–Crippen LogP) is 4.38. The Hall–Kier alpha value is -3.59. The van der Waals surface area contributed by atoms with Crippen LogP contribution in [0.2, 0.25) is 0 Å². The number of carbonyl (C=O) groups is 1. The van der Waals surface area contributed by atoms with E-state index in [0.29, 0.717) is 35.7 Å². The Morgan fingerprint density at radius 2 is 1.68 bits per heavy atom. The number of piperazine rings is 1. The first kappa shape index (κ1) is 26.5. The summed E-state index contributed by atoms with van der Waals surface area (Å²) < 4.78 is 45.3. The summed E-state index contributed by atoms with van der Waals surface area (Å²) in [5.41, 5.74) is 5.01. The number of anilines is 2. The maximum atomic E-state index is 13.4. The number of nitrogens with zero attached hydrogens (tertiary/aromatic N) is 3. The predicted molar refractivity (Wildman–Crippen MR) is 144 cm³/mol. The van der Waals surface area contributed by atoms with Crippen molar-refractivity contribution in [2.75, 3.05) is 48.7 Å². The average Bonchev–Trinajstić information content (AvgIpc) is 2.88. The number of carbonyl (C=O) groups excluding carboxylic acids is 1. The number of benzene rings is 3. The van der Waals surface area contributed by atoms with E-state index in [2.05, 4.69) is 36.9 Å². The smallest absolute Gasteiger partial charge is 0.253 e. The van der Waals surface area contributed by atoms with Gasteiger partial charge >= 0.3 is 0 Å². The molecule has 0 N–H and O–H groups in total. The number of sulfonamides is 1. The second kappa shape index (κ2) is 10.8. The molecule has 196 valence electrons. The minimum Gasteiger partial charge on any atom is -0.496 e. The van der Waals surface area contributed by atoms with Gasteiger partial charge in [-0.2, -0.15) is 0 Å². The Labute approximate surface area is 218 Å². The zero-order valence-electron chi connectivity index (χ0n) is 21.6. The fourth-order valence-corrected chi connectivity index (χ4v) is 5.49. The van der Waals surface area contributed by atoms with Crippen LogP contribution in [0.1, 0.15) is 27.0 Å². The van der Waals surface area contributed by atoms with Gasteiger partial charge in [-0.15, -0.1) is 0 Å².